The van der Waals surface area contributed by atoms with Gasteiger partial charge in [-0.2, -0.15) is 0 Å². The van der Waals surface area contributed by atoms with Crippen molar-refractivity contribution in [3.8, 4) is 0 Å². The minimum Gasteiger partial charge on any atom is -0.490 e. The molecule has 0 aromatic heterocycles. The molecule has 2 rings (SSSR count). The van der Waals surface area contributed by atoms with Crippen molar-refractivity contribution in [1.82, 2.24) is 5.32 Å². The number of carbonyl (C=O) groups excluding carboxylic acids is 1. The first kappa shape index (κ1) is 10.7. The zero-order valence-corrected chi connectivity index (χ0v) is 9.34. The molecule has 2 aliphatic rings. The molecule has 1 N–H and O–H groups in total. The van der Waals surface area contributed by atoms with E-state index in [2.05, 4.69) is 5.32 Å². The normalized spacial score (nSPS) is 31.7. The van der Waals surface area contributed by atoms with Crippen LogP contribution in [-0.4, -0.2) is 25.5 Å². The van der Waals surface area contributed by atoms with Crippen LogP contribution in [-0.2, 0) is 9.53 Å². The summed E-state index contributed by atoms with van der Waals surface area (Å²) < 4.78 is 5.44. The molecular weight excluding hydrogens is 190 g/mol. The molecule has 0 aliphatic carbocycles. The van der Waals surface area contributed by atoms with Crippen LogP contribution in [0.15, 0.2) is 11.8 Å². The van der Waals surface area contributed by atoms with Gasteiger partial charge in [0.2, 0.25) is 5.78 Å². The highest BCUT2D eigenvalue weighted by Crippen LogP contribution is 2.30. The molecule has 0 saturated carbocycles. The van der Waals surface area contributed by atoms with E-state index in [1.165, 1.54) is 0 Å². The van der Waals surface area contributed by atoms with Crippen molar-refractivity contribution >= 4 is 5.78 Å². The van der Waals surface area contributed by atoms with Crippen molar-refractivity contribution in [2.75, 3.05) is 19.7 Å². The van der Waals surface area contributed by atoms with Crippen LogP contribution in [0, 0.1) is 5.41 Å². The zero-order valence-electron chi connectivity index (χ0n) is 9.34. The summed E-state index contributed by atoms with van der Waals surface area (Å²) in [4.78, 5) is 12.2. The van der Waals surface area contributed by atoms with Crippen molar-refractivity contribution in [3.63, 3.8) is 0 Å². The lowest BCUT2D eigenvalue weighted by molar-refractivity contribution is -0.128. The van der Waals surface area contributed by atoms with Gasteiger partial charge in [-0.25, -0.2) is 0 Å². The number of ketones is 1. The van der Waals surface area contributed by atoms with Crippen molar-refractivity contribution < 1.29 is 9.53 Å². The molecule has 3 heteroatoms. The Bertz CT molecular complexity index is 277. The van der Waals surface area contributed by atoms with Gasteiger partial charge in [-0.3, -0.25) is 4.79 Å². The smallest absolute Gasteiger partial charge is 0.204 e. The lowest BCUT2D eigenvalue weighted by Crippen LogP contribution is -2.44. The van der Waals surface area contributed by atoms with Gasteiger partial charge in [-0.1, -0.05) is 6.92 Å². The second kappa shape index (κ2) is 4.35. The fourth-order valence-electron chi connectivity index (χ4n) is 2.26. The van der Waals surface area contributed by atoms with Gasteiger partial charge >= 0.3 is 0 Å². The summed E-state index contributed by atoms with van der Waals surface area (Å²) in [5, 5.41) is 3.29. The minimum atomic E-state index is -0.249. The molecule has 1 saturated heterocycles. The van der Waals surface area contributed by atoms with Crippen LogP contribution in [0.4, 0.5) is 0 Å². The maximum atomic E-state index is 12.2. The molecule has 1 fully saturated rings. The Labute approximate surface area is 90.9 Å². The Kier molecular flexibility index (Phi) is 3.10. The summed E-state index contributed by atoms with van der Waals surface area (Å²) in [6, 6.07) is 0. The van der Waals surface area contributed by atoms with Gasteiger partial charge in [0.15, 0.2) is 5.76 Å². The average molecular weight is 209 g/mol. The van der Waals surface area contributed by atoms with E-state index in [9.17, 15) is 4.79 Å². The number of Topliss-reactive ketones (excluding diaryl/α,β-unsaturated/α-hetero) is 1. The molecule has 2 aliphatic heterocycles. The van der Waals surface area contributed by atoms with E-state index in [0.717, 1.165) is 38.8 Å². The van der Waals surface area contributed by atoms with Gasteiger partial charge in [0.25, 0.3) is 0 Å². The summed E-state index contributed by atoms with van der Waals surface area (Å²) in [6.07, 6.45) is 6.01. The van der Waals surface area contributed by atoms with Crippen LogP contribution in [0.5, 0.6) is 0 Å². The van der Waals surface area contributed by atoms with Crippen LogP contribution < -0.4 is 5.32 Å². The summed E-state index contributed by atoms with van der Waals surface area (Å²) >= 11 is 0. The summed E-state index contributed by atoms with van der Waals surface area (Å²) in [7, 11) is 0. The third-order valence-electron chi connectivity index (χ3n) is 3.30. The standard InChI is InChI=1S/C12H19NO2/c1-12(6-4-7-13-9-12)11(14)10-5-2-3-8-15-10/h5,13H,2-4,6-9H2,1H3. The molecule has 2 heterocycles. The summed E-state index contributed by atoms with van der Waals surface area (Å²) in [5.74, 6) is 0.793. The Morgan fingerprint density at radius 1 is 1.53 bits per heavy atom. The van der Waals surface area contributed by atoms with Crippen molar-refractivity contribution in [2.45, 2.75) is 32.6 Å². The molecular formula is C12H19NO2. The van der Waals surface area contributed by atoms with Gasteiger partial charge in [0.1, 0.15) is 0 Å². The molecule has 3 nitrogen and oxygen atoms in total. The van der Waals surface area contributed by atoms with Gasteiger partial charge < -0.3 is 10.1 Å². The fraction of sp³-hybridized carbons (Fsp3) is 0.750. The van der Waals surface area contributed by atoms with Gasteiger partial charge in [0.05, 0.1) is 6.61 Å². The van der Waals surface area contributed by atoms with Gasteiger partial charge in [-0.05, 0) is 38.3 Å². The molecule has 15 heavy (non-hydrogen) atoms. The van der Waals surface area contributed by atoms with Crippen molar-refractivity contribution in [3.05, 3.63) is 11.8 Å². The highest BCUT2D eigenvalue weighted by molar-refractivity contribution is 5.98. The predicted molar refractivity (Wildman–Crippen MR) is 58.5 cm³/mol. The van der Waals surface area contributed by atoms with Crippen molar-refractivity contribution in [2.24, 2.45) is 5.41 Å². The quantitative estimate of drug-likeness (QED) is 0.751. The van der Waals surface area contributed by atoms with E-state index in [4.69, 9.17) is 4.74 Å². The first-order chi connectivity index (χ1) is 7.22. The monoisotopic (exact) mass is 209 g/mol. The van der Waals surface area contributed by atoms with Crippen molar-refractivity contribution in [1.29, 1.82) is 0 Å². The van der Waals surface area contributed by atoms with E-state index in [1.807, 2.05) is 13.0 Å². The van der Waals surface area contributed by atoms with Crippen LogP contribution >= 0.6 is 0 Å². The summed E-state index contributed by atoms with van der Waals surface area (Å²) in [6.45, 7) is 4.55. The van der Waals surface area contributed by atoms with E-state index < -0.39 is 0 Å². The Hall–Kier alpha value is -0.830. The average Bonchev–Trinajstić information content (AvgIpc) is 2.30. The maximum Gasteiger partial charge on any atom is 0.204 e. The second-order valence-corrected chi connectivity index (χ2v) is 4.73. The number of allylic oxidation sites excluding steroid dienone is 2. The van der Waals surface area contributed by atoms with Gasteiger partial charge in [-0.15, -0.1) is 0 Å². The largest absolute Gasteiger partial charge is 0.490 e. The molecule has 0 radical (unpaired) electrons. The maximum absolute atomic E-state index is 12.2. The molecule has 0 aromatic rings. The second-order valence-electron chi connectivity index (χ2n) is 4.73. The molecule has 0 bridgehead atoms. The SMILES string of the molecule is CC1(C(=O)C2=CCCCO2)CCCNC1. The van der Waals surface area contributed by atoms with E-state index in [-0.39, 0.29) is 11.2 Å². The van der Waals surface area contributed by atoms with E-state index in [1.54, 1.807) is 0 Å². The molecule has 0 spiro atoms. The highest BCUT2D eigenvalue weighted by Gasteiger charge is 2.37. The van der Waals surface area contributed by atoms with Crippen LogP contribution in [0.1, 0.15) is 32.6 Å². The number of rotatable bonds is 2. The number of carbonyl (C=O) groups is 1. The Morgan fingerprint density at radius 2 is 2.40 bits per heavy atom. The summed E-state index contributed by atoms with van der Waals surface area (Å²) in [5.41, 5.74) is -0.249. The van der Waals surface area contributed by atoms with E-state index in [0.29, 0.717) is 12.4 Å². The number of nitrogens with one attached hydrogen (secondary N) is 1. The predicted octanol–water partition coefficient (Wildman–Crippen LogP) is 1.64. The van der Waals surface area contributed by atoms with Crippen LogP contribution in [0.2, 0.25) is 0 Å². The fourth-order valence-corrected chi connectivity index (χ4v) is 2.26. The third-order valence-corrected chi connectivity index (χ3v) is 3.30. The minimum absolute atomic E-state index is 0.189. The number of hydrogen-bond acceptors (Lipinski definition) is 3. The lowest BCUT2D eigenvalue weighted by atomic mass is 9.78. The molecule has 0 amide bonds. The Morgan fingerprint density at radius 3 is 3.00 bits per heavy atom. The highest BCUT2D eigenvalue weighted by atomic mass is 16.5. The molecule has 1 unspecified atom stereocenters. The van der Waals surface area contributed by atoms with Crippen LogP contribution in [0.25, 0.3) is 0 Å². The van der Waals surface area contributed by atoms with Gasteiger partial charge in [0, 0.05) is 12.0 Å². The third kappa shape index (κ3) is 2.23. The zero-order chi connectivity index (χ0) is 10.7. The topological polar surface area (TPSA) is 38.3 Å². The Balaban J connectivity index is 2.08. The van der Waals surface area contributed by atoms with Crippen LogP contribution in [0.3, 0.4) is 0 Å². The molecule has 0 aromatic carbocycles. The lowest BCUT2D eigenvalue weighted by Gasteiger charge is -2.33. The number of hydrogen-bond donors (Lipinski definition) is 1. The van der Waals surface area contributed by atoms with E-state index >= 15 is 0 Å². The molecule has 1 atom stereocenters. The number of ether oxygens (including phenoxy) is 1. The molecule has 84 valence electrons. The first-order valence-corrected chi connectivity index (χ1v) is 5.81. The first-order valence-electron chi connectivity index (χ1n) is 5.81. The number of piperidine rings is 1.